The molecule has 0 bridgehead atoms. The van der Waals surface area contributed by atoms with Gasteiger partial charge in [-0.25, -0.2) is 4.98 Å². The lowest BCUT2D eigenvalue weighted by Crippen LogP contribution is -2.33. The molecule has 0 spiro atoms. The van der Waals surface area contributed by atoms with Gasteiger partial charge in [0.25, 0.3) is 0 Å². The third-order valence-electron chi connectivity index (χ3n) is 4.82. The average molecular weight is 428 g/mol. The quantitative estimate of drug-likeness (QED) is 0.350. The second kappa shape index (κ2) is 8.25. The van der Waals surface area contributed by atoms with Crippen LogP contribution in [0.1, 0.15) is 18.4 Å². The maximum atomic E-state index is 13.1. The van der Waals surface area contributed by atoms with Gasteiger partial charge in [-0.2, -0.15) is 16.7 Å². The molecule has 0 aliphatic carbocycles. The number of ether oxygens (including phenoxy) is 1. The monoisotopic (exact) mass is 428 g/mol. The highest BCUT2D eigenvalue weighted by Crippen LogP contribution is 2.28. The molecule has 9 nitrogen and oxygen atoms in total. The Morgan fingerprint density at radius 2 is 1.87 bits per heavy atom. The van der Waals surface area contributed by atoms with Crippen LogP contribution in [-0.2, 0) is 26.2 Å². The van der Waals surface area contributed by atoms with E-state index in [0.29, 0.717) is 19.5 Å². The van der Waals surface area contributed by atoms with Crippen LogP contribution in [0.15, 0.2) is 48.5 Å². The van der Waals surface area contributed by atoms with Crippen molar-refractivity contribution in [3.8, 4) is 5.75 Å². The van der Waals surface area contributed by atoms with Crippen LogP contribution in [0.5, 0.6) is 5.75 Å². The zero-order valence-electron chi connectivity index (χ0n) is 16.0. The Kier molecular flexibility index (Phi) is 5.51. The molecule has 1 N–H and O–H groups in total. The first-order valence-electron chi connectivity index (χ1n) is 9.47. The number of imidazole rings is 1. The first-order valence-corrected chi connectivity index (χ1v) is 10.9. The molecule has 30 heavy (non-hydrogen) atoms. The zero-order chi connectivity index (χ0) is 21.1. The van der Waals surface area contributed by atoms with Gasteiger partial charge in [0, 0.05) is 19.2 Å². The van der Waals surface area contributed by atoms with E-state index in [-0.39, 0.29) is 29.2 Å². The minimum atomic E-state index is -3.89. The summed E-state index contributed by atoms with van der Waals surface area (Å²) in [5.41, 5.74) is 1.39. The smallest absolute Gasteiger partial charge is 0.315 e. The van der Waals surface area contributed by atoms with Crippen molar-refractivity contribution < 1.29 is 22.7 Å². The van der Waals surface area contributed by atoms with E-state index < -0.39 is 16.2 Å². The largest absolute Gasteiger partial charge is 0.426 e. The van der Waals surface area contributed by atoms with Gasteiger partial charge in [0.2, 0.25) is 12.4 Å². The van der Waals surface area contributed by atoms with E-state index in [9.17, 15) is 18.0 Å². The minimum absolute atomic E-state index is 0.106. The number of fused-ring (bicyclic) bond motifs is 1. The van der Waals surface area contributed by atoms with E-state index in [1.54, 1.807) is 0 Å². The molecule has 0 atom stereocenters. The van der Waals surface area contributed by atoms with E-state index in [0.717, 1.165) is 22.4 Å². The highest BCUT2D eigenvalue weighted by Gasteiger charge is 2.31. The van der Waals surface area contributed by atoms with Crippen molar-refractivity contribution in [3.63, 3.8) is 0 Å². The summed E-state index contributed by atoms with van der Waals surface area (Å²) in [6.45, 7) is 0.829. The van der Waals surface area contributed by atoms with Crippen molar-refractivity contribution in [2.75, 3.05) is 18.4 Å². The van der Waals surface area contributed by atoms with Crippen molar-refractivity contribution in [2.45, 2.75) is 19.3 Å². The molecule has 156 valence electrons. The Hall–Kier alpha value is -3.24. The second-order valence-electron chi connectivity index (χ2n) is 6.86. The van der Waals surface area contributed by atoms with E-state index in [1.165, 1.54) is 22.5 Å². The number of rotatable bonds is 7. The summed E-state index contributed by atoms with van der Waals surface area (Å²) in [6.07, 6.45) is 2.04. The van der Waals surface area contributed by atoms with Crippen LogP contribution in [0.25, 0.3) is 11.0 Å². The lowest BCUT2D eigenvalue weighted by Gasteiger charge is -2.18. The van der Waals surface area contributed by atoms with Crippen molar-refractivity contribution in [1.29, 1.82) is 0 Å². The topological polar surface area (TPSA) is 111 Å². The number of esters is 1. The van der Waals surface area contributed by atoms with E-state index in [2.05, 4.69) is 10.3 Å². The van der Waals surface area contributed by atoms with Crippen molar-refractivity contribution in [1.82, 2.24) is 13.3 Å². The molecule has 1 aliphatic rings. The number of hydrogen-bond donors (Lipinski definition) is 1. The van der Waals surface area contributed by atoms with Gasteiger partial charge in [-0.05, 0) is 30.5 Å². The number of carbonyl (C=O) groups is 2. The fourth-order valence-electron chi connectivity index (χ4n) is 3.44. The highest BCUT2D eigenvalue weighted by molar-refractivity contribution is 7.87. The summed E-state index contributed by atoms with van der Waals surface area (Å²) in [5, 5.41) is 2.35. The molecule has 0 saturated carbocycles. The van der Waals surface area contributed by atoms with Crippen LogP contribution in [-0.4, -0.2) is 47.1 Å². The summed E-state index contributed by atoms with van der Waals surface area (Å²) < 4.78 is 33.9. The predicted octanol–water partition coefficient (Wildman–Crippen LogP) is 1.94. The van der Waals surface area contributed by atoms with Crippen molar-refractivity contribution >= 4 is 39.6 Å². The fraction of sp³-hybridized carbons (Fsp3) is 0.250. The number of hydrogen-bond acceptors (Lipinski definition) is 6. The number of nitrogens with one attached hydrogen (secondary N) is 1. The minimum Gasteiger partial charge on any atom is -0.426 e. The number of benzene rings is 2. The number of anilines is 1. The number of amides is 1. The van der Waals surface area contributed by atoms with E-state index in [1.807, 2.05) is 30.3 Å². The molecular weight excluding hydrogens is 408 g/mol. The van der Waals surface area contributed by atoms with Gasteiger partial charge in [-0.1, -0.05) is 30.3 Å². The van der Waals surface area contributed by atoms with Crippen LogP contribution in [0, 0.1) is 0 Å². The summed E-state index contributed by atoms with van der Waals surface area (Å²) >= 11 is 0. The molecule has 0 unspecified atom stereocenters. The SMILES string of the molecule is O=CNc1nc2cc(OC(=O)Cc3ccccc3)ccc2n1S(=O)(=O)N1CCCC1. The maximum absolute atomic E-state index is 13.1. The lowest BCUT2D eigenvalue weighted by molar-refractivity contribution is -0.133. The molecule has 0 radical (unpaired) electrons. The normalized spacial score (nSPS) is 14.7. The van der Waals surface area contributed by atoms with E-state index >= 15 is 0 Å². The Morgan fingerprint density at radius 1 is 1.13 bits per heavy atom. The van der Waals surface area contributed by atoms with Gasteiger partial charge < -0.3 is 4.74 Å². The van der Waals surface area contributed by atoms with Crippen molar-refractivity contribution in [3.05, 3.63) is 54.1 Å². The van der Waals surface area contributed by atoms with Crippen LogP contribution in [0.4, 0.5) is 5.95 Å². The summed E-state index contributed by atoms with van der Waals surface area (Å²) in [7, 11) is -3.89. The van der Waals surface area contributed by atoms with Gasteiger partial charge in [0.15, 0.2) is 0 Å². The van der Waals surface area contributed by atoms with Gasteiger partial charge in [-0.3, -0.25) is 14.9 Å². The van der Waals surface area contributed by atoms with Gasteiger partial charge in [0.05, 0.1) is 17.5 Å². The first kappa shape index (κ1) is 20.0. The molecule has 1 aromatic heterocycles. The molecule has 2 heterocycles. The third kappa shape index (κ3) is 3.91. The first-order chi connectivity index (χ1) is 14.5. The Bertz CT molecular complexity index is 1180. The average Bonchev–Trinajstić information content (AvgIpc) is 3.37. The molecular formula is C20H20N4O5S. The summed E-state index contributed by atoms with van der Waals surface area (Å²) in [6, 6.07) is 13.7. The Balaban J connectivity index is 1.65. The standard InChI is InChI=1S/C20H20N4O5S/c25-14-21-20-22-17-13-16(29-19(26)12-15-6-2-1-3-7-15)8-9-18(17)24(20)30(27,28)23-10-4-5-11-23/h1-3,6-9,13-14H,4-5,10-12H2,(H,21,22,25). The molecule has 1 saturated heterocycles. The second-order valence-corrected chi connectivity index (χ2v) is 8.64. The molecule has 3 aromatic rings. The Morgan fingerprint density at radius 3 is 2.57 bits per heavy atom. The summed E-state index contributed by atoms with van der Waals surface area (Å²) in [4.78, 5) is 27.4. The Labute approximate surface area is 173 Å². The third-order valence-corrected chi connectivity index (χ3v) is 6.67. The molecule has 1 aliphatic heterocycles. The lowest BCUT2D eigenvalue weighted by atomic mass is 10.2. The van der Waals surface area contributed by atoms with Crippen LogP contribution >= 0.6 is 0 Å². The van der Waals surface area contributed by atoms with Crippen LogP contribution in [0.2, 0.25) is 0 Å². The van der Waals surface area contributed by atoms with Crippen LogP contribution < -0.4 is 10.1 Å². The molecule has 1 fully saturated rings. The predicted molar refractivity (Wildman–Crippen MR) is 110 cm³/mol. The number of nitrogens with zero attached hydrogens (tertiary/aromatic N) is 3. The van der Waals surface area contributed by atoms with Gasteiger partial charge in [-0.15, -0.1) is 0 Å². The number of aromatic nitrogens is 2. The maximum Gasteiger partial charge on any atom is 0.315 e. The van der Waals surface area contributed by atoms with Gasteiger partial charge >= 0.3 is 16.2 Å². The zero-order valence-corrected chi connectivity index (χ0v) is 16.8. The summed E-state index contributed by atoms with van der Waals surface area (Å²) in [5.74, 6) is -0.320. The fourth-order valence-corrected chi connectivity index (χ4v) is 5.11. The van der Waals surface area contributed by atoms with Crippen molar-refractivity contribution in [2.24, 2.45) is 0 Å². The van der Waals surface area contributed by atoms with E-state index in [4.69, 9.17) is 4.74 Å². The molecule has 4 rings (SSSR count). The van der Waals surface area contributed by atoms with Crippen LogP contribution in [0.3, 0.4) is 0 Å². The molecule has 10 heteroatoms. The number of carbonyl (C=O) groups excluding carboxylic acids is 2. The molecule has 1 amide bonds. The molecule has 2 aromatic carbocycles. The van der Waals surface area contributed by atoms with Gasteiger partial charge in [0.1, 0.15) is 5.75 Å². The highest BCUT2D eigenvalue weighted by atomic mass is 32.2.